The van der Waals surface area contributed by atoms with Gasteiger partial charge in [0.1, 0.15) is 0 Å². The number of benzene rings is 1. The van der Waals surface area contributed by atoms with E-state index in [0.29, 0.717) is 5.02 Å². The quantitative estimate of drug-likeness (QED) is 0.691. The summed E-state index contributed by atoms with van der Waals surface area (Å²) in [7, 11) is 0. The van der Waals surface area contributed by atoms with Crippen molar-refractivity contribution in [3.8, 4) is 11.3 Å². The van der Waals surface area contributed by atoms with Gasteiger partial charge < -0.3 is 0 Å². The van der Waals surface area contributed by atoms with Crippen LogP contribution in [0.1, 0.15) is 0 Å². The number of rotatable bonds is 1. The molecule has 0 saturated heterocycles. The molecule has 0 fully saturated rings. The Morgan fingerprint density at radius 3 is 2.69 bits per heavy atom. The maximum absolute atomic E-state index is 5.85. The first-order chi connectivity index (χ1) is 6.36. The largest absolute Gasteiger partial charge is 0.159 e. The van der Waals surface area contributed by atoms with Gasteiger partial charge in [0.2, 0.25) is 0 Å². The maximum Gasteiger partial charge on any atom is 0.0930 e. The summed E-state index contributed by atoms with van der Waals surface area (Å²) in [5.74, 6) is 0. The fourth-order valence-electron chi connectivity index (χ4n) is 1.10. The fourth-order valence-corrected chi connectivity index (χ4v) is 1.29. The number of aromatic nitrogens is 2. The van der Waals surface area contributed by atoms with Crippen LogP contribution in [0.15, 0.2) is 42.6 Å². The van der Waals surface area contributed by atoms with Crippen molar-refractivity contribution in [2.75, 3.05) is 0 Å². The lowest BCUT2D eigenvalue weighted by atomic mass is 10.1. The first-order valence-corrected chi connectivity index (χ1v) is 4.28. The van der Waals surface area contributed by atoms with E-state index in [1.54, 1.807) is 6.20 Å². The molecule has 2 nitrogen and oxygen atoms in total. The van der Waals surface area contributed by atoms with Crippen LogP contribution < -0.4 is 0 Å². The average molecular weight is 191 g/mol. The van der Waals surface area contributed by atoms with Crippen molar-refractivity contribution in [1.82, 2.24) is 10.2 Å². The van der Waals surface area contributed by atoms with Crippen molar-refractivity contribution in [3.63, 3.8) is 0 Å². The summed E-state index contributed by atoms with van der Waals surface area (Å²) in [6, 6.07) is 11.3. The van der Waals surface area contributed by atoms with Crippen LogP contribution in [0.3, 0.4) is 0 Å². The first kappa shape index (κ1) is 8.20. The highest BCUT2D eigenvalue weighted by atomic mass is 35.5. The molecule has 2 aromatic rings. The molecule has 2 rings (SSSR count). The average Bonchev–Trinajstić information content (AvgIpc) is 2.19. The van der Waals surface area contributed by atoms with Crippen molar-refractivity contribution < 1.29 is 0 Å². The standard InChI is InChI=1S/C10H7ClN2/c11-9-4-1-3-8(7-9)10-5-2-6-12-13-10/h1-7H. The third-order valence-corrected chi connectivity index (χ3v) is 1.93. The van der Waals surface area contributed by atoms with Crippen LogP contribution in [-0.2, 0) is 0 Å². The maximum atomic E-state index is 5.85. The molecule has 13 heavy (non-hydrogen) atoms. The van der Waals surface area contributed by atoms with Crippen LogP contribution in [0, 0.1) is 0 Å². The Labute approximate surface area is 81.2 Å². The highest BCUT2D eigenvalue weighted by Gasteiger charge is 1.98. The van der Waals surface area contributed by atoms with Gasteiger partial charge in [0, 0.05) is 16.8 Å². The predicted molar refractivity (Wildman–Crippen MR) is 52.5 cm³/mol. The molecule has 1 heterocycles. The molecule has 0 atom stereocenters. The molecular weight excluding hydrogens is 184 g/mol. The summed E-state index contributed by atoms with van der Waals surface area (Å²) in [6.07, 6.45) is 1.65. The van der Waals surface area contributed by atoms with E-state index in [-0.39, 0.29) is 0 Å². The summed E-state index contributed by atoms with van der Waals surface area (Å²) in [6.45, 7) is 0. The molecule has 0 bridgehead atoms. The molecule has 0 saturated carbocycles. The van der Waals surface area contributed by atoms with E-state index in [1.165, 1.54) is 0 Å². The first-order valence-electron chi connectivity index (χ1n) is 3.90. The minimum atomic E-state index is 0.711. The SMILES string of the molecule is Clc1cccc(-c2cccnn2)c1. The molecule has 0 aliphatic rings. The highest BCUT2D eigenvalue weighted by Crippen LogP contribution is 2.19. The molecule has 0 spiro atoms. The summed E-state index contributed by atoms with van der Waals surface area (Å²) in [5, 5.41) is 8.49. The van der Waals surface area contributed by atoms with Gasteiger partial charge in [-0.15, -0.1) is 0 Å². The van der Waals surface area contributed by atoms with Crippen LogP contribution >= 0.6 is 11.6 Å². The zero-order valence-electron chi connectivity index (χ0n) is 6.81. The topological polar surface area (TPSA) is 25.8 Å². The van der Waals surface area contributed by atoms with Gasteiger partial charge in [-0.3, -0.25) is 0 Å². The van der Waals surface area contributed by atoms with Gasteiger partial charge in [0.05, 0.1) is 5.69 Å². The molecule has 64 valence electrons. The molecule has 1 aromatic carbocycles. The minimum Gasteiger partial charge on any atom is -0.159 e. The van der Waals surface area contributed by atoms with Gasteiger partial charge in [0.15, 0.2) is 0 Å². The highest BCUT2D eigenvalue weighted by molar-refractivity contribution is 6.30. The fraction of sp³-hybridized carbons (Fsp3) is 0. The zero-order valence-corrected chi connectivity index (χ0v) is 7.57. The second-order valence-corrected chi connectivity index (χ2v) is 3.06. The third kappa shape index (κ3) is 1.84. The zero-order chi connectivity index (χ0) is 9.10. The van der Waals surface area contributed by atoms with Crippen LogP contribution in [0.4, 0.5) is 0 Å². The minimum absolute atomic E-state index is 0.711. The molecule has 0 N–H and O–H groups in total. The summed E-state index contributed by atoms with van der Waals surface area (Å²) in [5.41, 5.74) is 1.82. The molecule has 1 aromatic heterocycles. The van der Waals surface area contributed by atoms with E-state index in [0.717, 1.165) is 11.3 Å². The molecule has 0 aliphatic heterocycles. The Morgan fingerprint density at radius 2 is 2.00 bits per heavy atom. The Kier molecular flexibility index (Phi) is 2.23. The Bertz CT molecular complexity index is 401. The van der Waals surface area contributed by atoms with Crippen molar-refractivity contribution in [2.24, 2.45) is 0 Å². The van der Waals surface area contributed by atoms with E-state index in [9.17, 15) is 0 Å². The second kappa shape index (κ2) is 3.54. The molecule has 0 radical (unpaired) electrons. The lowest BCUT2D eigenvalue weighted by molar-refractivity contribution is 1.04. The van der Waals surface area contributed by atoms with Crippen LogP contribution in [0.2, 0.25) is 5.02 Å². The second-order valence-electron chi connectivity index (χ2n) is 2.62. The van der Waals surface area contributed by atoms with Crippen molar-refractivity contribution in [3.05, 3.63) is 47.6 Å². The van der Waals surface area contributed by atoms with E-state index >= 15 is 0 Å². The number of hydrogen-bond donors (Lipinski definition) is 0. The van der Waals surface area contributed by atoms with E-state index in [4.69, 9.17) is 11.6 Å². The normalized spacial score (nSPS) is 9.92. The Morgan fingerprint density at radius 1 is 1.08 bits per heavy atom. The molecule has 0 unspecified atom stereocenters. The van der Waals surface area contributed by atoms with Gasteiger partial charge in [-0.25, -0.2) is 0 Å². The summed E-state index contributed by atoms with van der Waals surface area (Å²) >= 11 is 5.85. The summed E-state index contributed by atoms with van der Waals surface area (Å²) in [4.78, 5) is 0. The lowest BCUT2D eigenvalue weighted by Crippen LogP contribution is -1.84. The van der Waals surface area contributed by atoms with E-state index in [2.05, 4.69) is 10.2 Å². The Balaban J connectivity index is 2.48. The van der Waals surface area contributed by atoms with Crippen LogP contribution in [-0.4, -0.2) is 10.2 Å². The number of hydrogen-bond acceptors (Lipinski definition) is 2. The lowest BCUT2D eigenvalue weighted by Gasteiger charge is -1.98. The Hall–Kier alpha value is -1.41. The molecule has 0 amide bonds. The number of nitrogens with zero attached hydrogens (tertiary/aromatic N) is 2. The van der Waals surface area contributed by atoms with Gasteiger partial charge in [0.25, 0.3) is 0 Å². The predicted octanol–water partition coefficient (Wildman–Crippen LogP) is 2.80. The van der Waals surface area contributed by atoms with Crippen molar-refractivity contribution >= 4 is 11.6 Å². The molecular formula is C10H7ClN2. The van der Waals surface area contributed by atoms with Gasteiger partial charge in [-0.05, 0) is 24.3 Å². The smallest absolute Gasteiger partial charge is 0.0930 e. The molecule has 3 heteroatoms. The molecule has 0 aliphatic carbocycles. The van der Waals surface area contributed by atoms with Gasteiger partial charge in [-0.1, -0.05) is 23.7 Å². The number of halogens is 1. The van der Waals surface area contributed by atoms with Crippen LogP contribution in [0.25, 0.3) is 11.3 Å². The van der Waals surface area contributed by atoms with Gasteiger partial charge >= 0.3 is 0 Å². The summed E-state index contributed by atoms with van der Waals surface area (Å²) < 4.78 is 0. The van der Waals surface area contributed by atoms with Gasteiger partial charge in [-0.2, -0.15) is 10.2 Å². The monoisotopic (exact) mass is 190 g/mol. The van der Waals surface area contributed by atoms with Crippen LogP contribution in [0.5, 0.6) is 0 Å². The third-order valence-electron chi connectivity index (χ3n) is 1.69. The van der Waals surface area contributed by atoms with Crippen molar-refractivity contribution in [1.29, 1.82) is 0 Å². The van der Waals surface area contributed by atoms with E-state index < -0.39 is 0 Å². The van der Waals surface area contributed by atoms with Crippen molar-refractivity contribution in [2.45, 2.75) is 0 Å². The van der Waals surface area contributed by atoms with E-state index in [1.807, 2.05) is 36.4 Å².